The number of carbonyl (C=O) groups is 2. The van der Waals surface area contributed by atoms with Gasteiger partial charge >= 0.3 is 11.9 Å². The highest BCUT2D eigenvalue weighted by Gasteiger charge is 2.78. The number of azide groups is 1. The van der Waals surface area contributed by atoms with Crippen LogP contribution in [0.15, 0.2) is 35.4 Å². The summed E-state index contributed by atoms with van der Waals surface area (Å²) in [5.41, 5.74) is 8.24. The lowest BCUT2D eigenvalue weighted by Gasteiger charge is -2.26. The average molecular weight is 329 g/mol. The van der Waals surface area contributed by atoms with E-state index in [1.807, 2.05) is 0 Å². The summed E-state index contributed by atoms with van der Waals surface area (Å²) < 4.78 is 16.7. The van der Waals surface area contributed by atoms with E-state index >= 15 is 0 Å². The minimum absolute atomic E-state index is 0.0309. The molecule has 1 aromatic rings. The van der Waals surface area contributed by atoms with E-state index < -0.39 is 35.7 Å². The summed E-state index contributed by atoms with van der Waals surface area (Å²) in [6.07, 6.45) is -1.69. The summed E-state index contributed by atoms with van der Waals surface area (Å²) in [5.74, 6) is -0.954. The smallest absolute Gasteiger partial charge is 0.338 e. The molecule has 1 heterocycles. The summed E-state index contributed by atoms with van der Waals surface area (Å²) in [6, 6.07) is 8.20. The molecule has 0 aromatic heterocycles. The summed E-state index contributed by atoms with van der Waals surface area (Å²) in [7, 11) is 1.77. The van der Waals surface area contributed by atoms with Gasteiger partial charge in [0, 0.05) is 18.4 Å². The molecule has 124 valence electrons. The number of esters is 2. The Morgan fingerprint density at radius 3 is 2.67 bits per heavy atom. The molecule has 0 amide bonds. The van der Waals surface area contributed by atoms with Crippen LogP contribution in [0.5, 0.6) is 0 Å². The van der Waals surface area contributed by atoms with Crippen LogP contribution < -0.4 is 0 Å². The van der Waals surface area contributed by atoms with Gasteiger partial charge in [-0.25, -0.2) is 4.79 Å². The van der Waals surface area contributed by atoms with Crippen LogP contribution in [0.25, 0.3) is 10.4 Å². The van der Waals surface area contributed by atoms with E-state index in [0.29, 0.717) is 5.56 Å². The van der Waals surface area contributed by atoms with Crippen molar-refractivity contribution in [1.29, 1.82) is 0 Å². The van der Waals surface area contributed by atoms with Crippen molar-refractivity contribution in [3.05, 3.63) is 46.3 Å². The molecule has 2 fully saturated rings. The molecule has 2 aliphatic rings. The number of nitrogens with zero attached hydrogens (tertiary/aromatic N) is 3. The molecule has 1 aromatic carbocycles. The van der Waals surface area contributed by atoms with E-state index in [2.05, 4.69) is 10.0 Å². The molecule has 0 N–H and O–H groups in total. The zero-order valence-electron chi connectivity index (χ0n) is 13.3. The fraction of sp³-hybridized carbons (Fsp3) is 0.467. The van der Waals surface area contributed by atoms with Crippen molar-refractivity contribution in [3.63, 3.8) is 0 Å². The molecular weight excluding hydrogens is 313 g/mol. The molecule has 1 unspecified atom stereocenters. The van der Waals surface area contributed by atoms with Gasteiger partial charge in [0.2, 0.25) is 0 Å². The lowest BCUT2D eigenvalue weighted by molar-refractivity contribution is -0.152. The third-order valence-corrected chi connectivity index (χ3v) is 4.49. The molecule has 9 heteroatoms. The molecule has 0 radical (unpaired) electrons. The summed E-state index contributed by atoms with van der Waals surface area (Å²) >= 11 is 0. The Morgan fingerprint density at radius 1 is 1.33 bits per heavy atom. The largest absolute Gasteiger partial charge is 0.460 e. The number of carbonyl (C=O) groups excluding carboxylic acids is 2. The highest BCUT2D eigenvalue weighted by atomic mass is 16.6. The van der Waals surface area contributed by atoms with Crippen molar-refractivity contribution >= 4 is 19.8 Å². The van der Waals surface area contributed by atoms with Gasteiger partial charge in [-0.05, 0) is 17.7 Å². The van der Waals surface area contributed by atoms with Crippen LogP contribution in [0.1, 0.15) is 17.3 Å². The van der Waals surface area contributed by atoms with Crippen LogP contribution in [0, 0.1) is 5.41 Å². The molecule has 5 atom stereocenters. The number of hydrogen-bond donors (Lipinski definition) is 0. The lowest BCUT2D eigenvalue weighted by Crippen LogP contribution is -2.40. The number of rotatable bonds is 5. The van der Waals surface area contributed by atoms with E-state index in [1.165, 1.54) is 6.92 Å². The predicted octanol–water partition coefficient (Wildman–Crippen LogP) is 0.812. The molecule has 0 bridgehead atoms. The van der Waals surface area contributed by atoms with Crippen LogP contribution in [0.4, 0.5) is 0 Å². The Labute approximate surface area is 139 Å². The van der Waals surface area contributed by atoms with Crippen molar-refractivity contribution in [3.8, 4) is 0 Å². The normalized spacial score (nSPS) is 33.0. The molecule has 1 saturated heterocycles. The Bertz CT molecular complexity index is 708. The third kappa shape index (κ3) is 2.62. The van der Waals surface area contributed by atoms with Gasteiger partial charge in [-0.15, -0.1) is 0 Å². The predicted molar refractivity (Wildman–Crippen MR) is 84.9 cm³/mol. The Hall–Kier alpha value is -2.51. The van der Waals surface area contributed by atoms with E-state index in [1.54, 1.807) is 38.2 Å². The van der Waals surface area contributed by atoms with Crippen LogP contribution in [0.2, 0.25) is 0 Å². The fourth-order valence-corrected chi connectivity index (χ4v) is 3.39. The molecule has 1 aliphatic heterocycles. The van der Waals surface area contributed by atoms with Gasteiger partial charge in [-0.1, -0.05) is 23.3 Å². The maximum Gasteiger partial charge on any atom is 0.338 e. The first-order valence-corrected chi connectivity index (χ1v) is 7.60. The summed E-state index contributed by atoms with van der Waals surface area (Å²) in [4.78, 5) is 26.4. The monoisotopic (exact) mass is 329 g/mol. The molecule has 24 heavy (non-hydrogen) atoms. The molecular formula is C15H16BN3O5. The second-order valence-corrected chi connectivity index (χ2v) is 5.99. The van der Waals surface area contributed by atoms with Gasteiger partial charge < -0.3 is 14.2 Å². The SMILES string of the molecule is B[C@@H]1O[C@@H]2C(OC(=O)c3ccccc3)[C@]2(CN=[N+]=[N-])[C@H]1OC(C)=O. The Kier molecular flexibility index (Phi) is 4.21. The van der Waals surface area contributed by atoms with E-state index in [9.17, 15) is 9.59 Å². The zero-order valence-corrected chi connectivity index (χ0v) is 13.3. The second kappa shape index (κ2) is 6.18. The first-order chi connectivity index (χ1) is 11.5. The third-order valence-electron chi connectivity index (χ3n) is 4.49. The van der Waals surface area contributed by atoms with Gasteiger partial charge in [0.15, 0.2) is 0 Å². The number of hydrogen-bond acceptors (Lipinski definition) is 6. The van der Waals surface area contributed by atoms with Gasteiger partial charge in [0.25, 0.3) is 0 Å². The zero-order chi connectivity index (χ0) is 17.3. The van der Waals surface area contributed by atoms with Crippen LogP contribution >= 0.6 is 0 Å². The molecule has 1 saturated carbocycles. The molecule has 1 aliphatic carbocycles. The number of ether oxygens (including phenoxy) is 3. The quantitative estimate of drug-likeness (QED) is 0.261. The van der Waals surface area contributed by atoms with E-state index in [-0.39, 0.29) is 12.5 Å². The minimum atomic E-state index is -0.818. The van der Waals surface area contributed by atoms with Crippen LogP contribution in [-0.4, -0.2) is 50.6 Å². The van der Waals surface area contributed by atoms with Crippen LogP contribution in [-0.2, 0) is 19.0 Å². The van der Waals surface area contributed by atoms with E-state index in [4.69, 9.17) is 19.7 Å². The first kappa shape index (κ1) is 16.4. The summed E-state index contributed by atoms with van der Waals surface area (Å²) in [6.45, 7) is 1.33. The highest BCUT2D eigenvalue weighted by molar-refractivity contribution is 6.12. The van der Waals surface area contributed by atoms with Gasteiger partial charge in [-0.3, -0.25) is 4.79 Å². The van der Waals surface area contributed by atoms with E-state index in [0.717, 1.165) is 0 Å². The average Bonchev–Trinajstić information content (AvgIpc) is 3.06. The minimum Gasteiger partial charge on any atom is -0.460 e. The van der Waals surface area contributed by atoms with Crippen molar-refractivity contribution in [2.45, 2.75) is 31.2 Å². The van der Waals surface area contributed by atoms with Gasteiger partial charge in [0.1, 0.15) is 26.2 Å². The summed E-state index contributed by atoms with van der Waals surface area (Å²) in [5, 5.41) is 3.61. The van der Waals surface area contributed by atoms with Crippen molar-refractivity contribution < 1.29 is 23.8 Å². The van der Waals surface area contributed by atoms with Crippen LogP contribution in [0.3, 0.4) is 0 Å². The number of fused-ring (bicyclic) bond motifs is 1. The Balaban J connectivity index is 1.81. The maximum atomic E-state index is 12.3. The van der Waals surface area contributed by atoms with Crippen molar-refractivity contribution in [1.82, 2.24) is 0 Å². The van der Waals surface area contributed by atoms with Crippen molar-refractivity contribution in [2.24, 2.45) is 10.5 Å². The second-order valence-electron chi connectivity index (χ2n) is 5.99. The van der Waals surface area contributed by atoms with Gasteiger partial charge in [0.05, 0.1) is 17.0 Å². The fourth-order valence-electron chi connectivity index (χ4n) is 3.39. The lowest BCUT2D eigenvalue weighted by atomic mass is 9.85. The number of benzene rings is 1. The molecule has 3 rings (SSSR count). The molecule has 8 nitrogen and oxygen atoms in total. The molecule has 0 spiro atoms. The maximum absolute atomic E-state index is 12.3. The Morgan fingerprint density at radius 2 is 2.04 bits per heavy atom. The standard InChI is InChI=1S/C15H16BN3O5/c1-8(20)22-12-13(16)23-10-11(15(10,12)7-18-19-17)24-14(21)9-5-3-2-4-6-9/h2-6,10-13H,7,16H2,1H3/t10-,11?,12+,13-,15-/m1/s1. The highest BCUT2D eigenvalue weighted by Crippen LogP contribution is 2.60. The first-order valence-electron chi connectivity index (χ1n) is 7.60. The van der Waals surface area contributed by atoms with Crippen molar-refractivity contribution in [2.75, 3.05) is 6.54 Å². The topological polar surface area (TPSA) is 111 Å². The van der Waals surface area contributed by atoms with Gasteiger partial charge in [-0.2, -0.15) is 0 Å².